The first kappa shape index (κ1) is 21.1. The fourth-order valence-corrected chi connectivity index (χ4v) is 4.42. The number of nitrogens with zero attached hydrogens (tertiary/aromatic N) is 3. The van der Waals surface area contributed by atoms with Crippen molar-refractivity contribution >= 4 is 28.1 Å². The molecule has 160 valence electrons. The molecule has 0 amide bonds. The molecule has 1 aromatic heterocycles. The number of para-hydroxylation sites is 2. The summed E-state index contributed by atoms with van der Waals surface area (Å²) in [5.74, 6) is 0.625. The van der Waals surface area contributed by atoms with E-state index in [9.17, 15) is 5.26 Å². The molecule has 0 atom stereocenters. The van der Waals surface area contributed by atoms with Gasteiger partial charge >= 0.3 is 0 Å². The molecule has 3 aromatic rings. The van der Waals surface area contributed by atoms with Crippen LogP contribution in [-0.2, 0) is 0 Å². The molecule has 0 radical (unpaired) electrons. The Balaban J connectivity index is 1.73. The first-order valence-corrected chi connectivity index (χ1v) is 11.0. The van der Waals surface area contributed by atoms with Crippen LogP contribution in [0, 0.1) is 18.3 Å². The molecule has 1 fully saturated rings. The van der Waals surface area contributed by atoms with Gasteiger partial charge in [0, 0.05) is 35.7 Å². The second kappa shape index (κ2) is 8.56. The molecule has 2 N–H and O–H groups in total. The highest BCUT2D eigenvalue weighted by Crippen LogP contribution is 2.36. The van der Waals surface area contributed by atoms with Gasteiger partial charge in [0.1, 0.15) is 11.6 Å². The van der Waals surface area contributed by atoms with Crippen molar-refractivity contribution in [3.8, 4) is 6.07 Å². The number of nitriles is 1. The van der Waals surface area contributed by atoms with Crippen molar-refractivity contribution < 1.29 is 0 Å². The van der Waals surface area contributed by atoms with Gasteiger partial charge in [-0.3, -0.25) is 0 Å². The Morgan fingerprint density at radius 3 is 2.39 bits per heavy atom. The molecule has 0 aliphatic carbocycles. The SMILES string of the molecule is Cc1ccccc1Nc1nc2ccccc2c(N2CCC(NC(C)(C)C)CC2)c1C#N. The third-order valence-electron chi connectivity index (χ3n) is 5.82. The topological polar surface area (TPSA) is 64.0 Å². The maximum atomic E-state index is 10.2. The average Bonchev–Trinajstić information content (AvgIpc) is 2.74. The van der Waals surface area contributed by atoms with Gasteiger partial charge in [-0.2, -0.15) is 5.26 Å². The zero-order valence-corrected chi connectivity index (χ0v) is 18.9. The molecule has 2 heterocycles. The number of hydrogen-bond donors (Lipinski definition) is 2. The lowest BCUT2D eigenvalue weighted by Crippen LogP contribution is -2.49. The Morgan fingerprint density at radius 1 is 1.03 bits per heavy atom. The Bertz CT molecular complexity index is 1110. The molecule has 4 rings (SSSR count). The van der Waals surface area contributed by atoms with E-state index in [2.05, 4.69) is 61.4 Å². The second-order valence-corrected chi connectivity index (χ2v) is 9.41. The summed E-state index contributed by atoms with van der Waals surface area (Å²) in [6, 6.07) is 19.2. The van der Waals surface area contributed by atoms with Gasteiger partial charge < -0.3 is 15.5 Å². The van der Waals surface area contributed by atoms with Crippen LogP contribution < -0.4 is 15.5 Å². The van der Waals surface area contributed by atoms with Gasteiger partial charge in [0.05, 0.1) is 11.2 Å². The lowest BCUT2D eigenvalue weighted by atomic mass is 9.98. The predicted molar refractivity (Wildman–Crippen MR) is 129 cm³/mol. The summed E-state index contributed by atoms with van der Waals surface area (Å²) in [5, 5.41) is 18.4. The van der Waals surface area contributed by atoms with Gasteiger partial charge in [0.25, 0.3) is 0 Å². The quantitative estimate of drug-likeness (QED) is 0.590. The fraction of sp³-hybridized carbons (Fsp3) is 0.385. The number of benzene rings is 2. The Hall–Kier alpha value is -3.10. The number of aryl methyl sites for hydroxylation is 1. The molecule has 0 spiro atoms. The highest BCUT2D eigenvalue weighted by Gasteiger charge is 2.27. The minimum atomic E-state index is 0.110. The molecule has 0 unspecified atom stereocenters. The molecule has 0 bridgehead atoms. The number of aromatic nitrogens is 1. The van der Waals surface area contributed by atoms with E-state index in [1.807, 2.05) is 36.4 Å². The van der Waals surface area contributed by atoms with Crippen molar-refractivity contribution in [3.63, 3.8) is 0 Å². The second-order valence-electron chi connectivity index (χ2n) is 9.41. The maximum Gasteiger partial charge on any atom is 0.151 e. The summed E-state index contributed by atoms with van der Waals surface area (Å²) in [7, 11) is 0. The number of hydrogen-bond acceptors (Lipinski definition) is 5. The molecule has 1 saturated heterocycles. The van der Waals surface area contributed by atoms with Gasteiger partial charge in [-0.1, -0.05) is 36.4 Å². The van der Waals surface area contributed by atoms with Gasteiger partial charge in [-0.05, 0) is 58.2 Å². The summed E-state index contributed by atoms with van der Waals surface area (Å²) in [4.78, 5) is 7.20. The Kier molecular flexibility index (Phi) is 5.84. The van der Waals surface area contributed by atoms with Crippen molar-refractivity contribution in [2.45, 2.75) is 52.1 Å². The number of fused-ring (bicyclic) bond motifs is 1. The zero-order chi connectivity index (χ0) is 22.0. The zero-order valence-electron chi connectivity index (χ0n) is 18.9. The van der Waals surface area contributed by atoms with Crippen LogP contribution in [0.25, 0.3) is 10.9 Å². The molecule has 31 heavy (non-hydrogen) atoms. The first-order valence-electron chi connectivity index (χ1n) is 11.0. The molecule has 1 aliphatic rings. The largest absolute Gasteiger partial charge is 0.370 e. The van der Waals surface area contributed by atoms with Crippen LogP contribution in [-0.4, -0.2) is 29.7 Å². The maximum absolute atomic E-state index is 10.2. The number of anilines is 3. The van der Waals surface area contributed by atoms with Crippen LogP contribution >= 0.6 is 0 Å². The minimum Gasteiger partial charge on any atom is -0.370 e. The van der Waals surface area contributed by atoms with Crippen molar-refractivity contribution in [3.05, 3.63) is 59.7 Å². The highest BCUT2D eigenvalue weighted by atomic mass is 15.2. The summed E-state index contributed by atoms with van der Waals surface area (Å²) in [5.41, 5.74) is 4.72. The summed E-state index contributed by atoms with van der Waals surface area (Å²) < 4.78 is 0. The standard InChI is InChI=1S/C26H31N5/c1-18-9-5-7-11-22(18)28-25-21(17-27)24(20-10-6-8-12-23(20)29-25)31-15-13-19(14-16-31)30-26(2,3)4/h5-12,19,30H,13-16H2,1-4H3,(H,28,29). The van der Waals surface area contributed by atoms with Gasteiger partial charge in [0.15, 0.2) is 5.82 Å². The third-order valence-corrected chi connectivity index (χ3v) is 5.82. The Labute approximate surface area is 185 Å². The van der Waals surface area contributed by atoms with Crippen LogP contribution in [0.1, 0.15) is 44.7 Å². The number of rotatable bonds is 4. The molecule has 5 nitrogen and oxygen atoms in total. The van der Waals surface area contributed by atoms with E-state index in [1.165, 1.54) is 0 Å². The predicted octanol–water partition coefficient (Wildman–Crippen LogP) is 5.52. The summed E-state index contributed by atoms with van der Waals surface area (Å²) >= 11 is 0. The smallest absolute Gasteiger partial charge is 0.151 e. The summed E-state index contributed by atoms with van der Waals surface area (Å²) in [6.07, 6.45) is 2.11. The third kappa shape index (κ3) is 4.65. The molecular weight excluding hydrogens is 382 g/mol. The van der Waals surface area contributed by atoms with Crippen molar-refractivity contribution in [2.24, 2.45) is 0 Å². The van der Waals surface area contributed by atoms with E-state index < -0.39 is 0 Å². The van der Waals surface area contributed by atoms with Crippen LogP contribution in [0.4, 0.5) is 17.2 Å². The number of piperidine rings is 1. The lowest BCUT2D eigenvalue weighted by Gasteiger charge is -2.38. The molecule has 5 heteroatoms. The summed E-state index contributed by atoms with van der Waals surface area (Å²) in [6.45, 7) is 10.5. The van der Waals surface area contributed by atoms with Crippen LogP contribution in [0.15, 0.2) is 48.5 Å². The van der Waals surface area contributed by atoms with Crippen LogP contribution in [0.5, 0.6) is 0 Å². The number of pyridine rings is 1. The van der Waals surface area contributed by atoms with E-state index >= 15 is 0 Å². The van der Waals surface area contributed by atoms with E-state index in [4.69, 9.17) is 4.98 Å². The van der Waals surface area contributed by atoms with E-state index in [0.717, 1.165) is 53.8 Å². The normalized spacial score (nSPS) is 15.1. The van der Waals surface area contributed by atoms with Gasteiger partial charge in [-0.25, -0.2) is 4.98 Å². The monoisotopic (exact) mass is 413 g/mol. The van der Waals surface area contributed by atoms with Crippen LogP contribution in [0.2, 0.25) is 0 Å². The molecule has 0 saturated carbocycles. The van der Waals surface area contributed by atoms with Crippen LogP contribution in [0.3, 0.4) is 0 Å². The van der Waals surface area contributed by atoms with Crippen molar-refractivity contribution in [1.29, 1.82) is 5.26 Å². The van der Waals surface area contributed by atoms with Crippen molar-refractivity contribution in [2.75, 3.05) is 23.3 Å². The number of nitrogens with one attached hydrogen (secondary N) is 2. The van der Waals surface area contributed by atoms with E-state index in [-0.39, 0.29) is 5.54 Å². The fourth-order valence-electron chi connectivity index (χ4n) is 4.42. The minimum absolute atomic E-state index is 0.110. The highest BCUT2D eigenvalue weighted by molar-refractivity contribution is 5.98. The lowest BCUT2D eigenvalue weighted by molar-refractivity contribution is 0.317. The molecule has 2 aromatic carbocycles. The van der Waals surface area contributed by atoms with Crippen molar-refractivity contribution in [1.82, 2.24) is 10.3 Å². The van der Waals surface area contributed by atoms with E-state index in [0.29, 0.717) is 17.4 Å². The van der Waals surface area contributed by atoms with E-state index in [1.54, 1.807) is 0 Å². The molecule has 1 aliphatic heterocycles. The van der Waals surface area contributed by atoms with Gasteiger partial charge in [-0.15, -0.1) is 0 Å². The first-order chi connectivity index (χ1) is 14.9. The Morgan fingerprint density at radius 2 is 1.71 bits per heavy atom. The molecular formula is C26H31N5. The average molecular weight is 414 g/mol. The van der Waals surface area contributed by atoms with Gasteiger partial charge in [0.2, 0.25) is 0 Å².